The molecule has 1 aromatic heterocycles. The molecule has 0 N–H and O–H groups in total. The molecule has 0 aliphatic rings. The van der Waals surface area contributed by atoms with Crippen LogP contribution in [0, 0.1) is 0 Å². The Hall–Kier alpha value is -2.64. The van der Waals surface area contributed by atoms with Gasteiger partial charge in [0.2, 0.25) is 0 Å². The second-order valence-corrected chi connectivity index (χ2v) is 7.94. The summed E-state index contributed by atoms with van der Waals surface area (Å²) in [4.78, 5) is 10.0. The monoisotopic (exact) mass is 385 g/mol. The summed E-state index contributed by atoms with van der Waals surface area (Å²) in [6.07, 6.45) is 7.91. The average molecular weight is 385 g/mol. The first kappa shape index (κ1) is 19.1. The maximum atomic E-state index is 13.0. The molecule has 27 heavy (non-hydrogen) atoms. The Morgan fingerprint density at radius 1 is 1.04 bits per heavy atom. The molecule has 0 radical (unpaired) electrons. The van der Waals surface area contributed by atoms with Crippen molar-refractivity contribution in [3.63, 3.8) is 0 Å². The van der Waals surface area contributed by atoms with E-state index in [0.717, 1.165) is 29.4 Å². The van der Waals surface area contributed by atoms with Gasteiger partial charge < -0.3 is 9.40 Å². The lowest BCUT2D eigenvalue weighted by Gasteiger charge is -2.22. The largest absolute Gasteiger partial charge is 0.391 e. The summed E-state index contributed by atoms with van der Waals surface area (Å²) >= 11 is 0. The highest BCUT2D eigenvalue weighted by Crippen LogP contribution is 2.21. The minimum Gasteiger partial charge on any atom is -0.391 e. The number of sulfonamides is 1. The molecule has 0 unspecified atom stereocenters. The van der Waals surface area contributed by atoms with Crippen LogP contribution in [0.2, 0.25) is 0 Å². The van der Waals surface area contributed by atoms with Gasteiger partial charge in [-0.05, 0) is 47.3 Å². The minimum atomic E-state index is -3.74. The van der Waals surface area contributed by atoms with E-state index in [0.29, 0.717) is 12.3 Å². The normalized spacial score (nSPS) is 11.6. The standard InChI is InChI=1S/C20H23N3O3S/c1-2-3-7-15-23(27(24,25)20-8-5-4-6-9-20)26-19-12-10-18(11-13-19)22-16-14-21-17-22/h4-6,8-14,16-17H,2-3,7,15H2,1H3. The maximum absolute atomic E-state index is 13.0. The van der Waals surface area contributed by atoms with Crippen molar-refractivity contribution in [1.82, 2.24) is 14.0 Å². The van der Waals surface area contributed by atoms with Crippen LogP contribution in [0.1, 0.15) is 26.2 Å². The highest BCUT2D eigenvalue weighted by molar-refractivity contribution is 7.89. The fourth-order valence-electron chi connectivity index (χ4n) is 2.62. The van der Waals surface area contributed by atoms with Crippen LogP contribution in [0.3, 0.4) is 0 Å². The molecule has 142 valence electrons. The SMILES string of the molecule is CCCCCN(Oc1ccc(-n2ccnc2)cc1)S(=O)(=O)c1ccccc1. The van der Waals surface area contributed by atoms with Gasteiger partial charge in [0.15, 0.2) is 0 Å². The topological polar surface area (TPSA) is 64.4 Å². The predicted molar refractivity (Wildman–Crippen MR) is 104 cm³/mol. The number of aromatic nitrogens is 2. The molecule has 0 aliphatic carbocycles. The lowest BCUT2D eigenvalue weighted by molar-refractivity contribution is 0.0344. The number of hydroxylamine groups is 1. The van der Waals surface area contributed by atoms with Crippen LogP contribution in [0.25, 0.3) is 5.69 Å². The van der Waals surface area contributed by atoms with Gasteiger partial charge in [0, 0.05) is 18.1 Å². The number of unbranched alkanes of at least 4 members (excludes halogenated alkanes) is 2. The number of hydrogen-bond donors (Lipinski definition) is 0. The quantitative estimate of drug-likeness (QED) is 0.412. The van der Waals surface area contributed by atoms with Crippen LogP contribution in [0.15, 0.2) is 78.2 Å². The molecule has 0 fully saturated rings. The molecule has 0 saturated heterocycles. The van der Waals surface area contributed by atoms with Crippen LogP contribution in [0.5, 0.6) is 5.75 Å². The van der Waals surface area contributed by atoms with Crippen molar-refractivity contribution in [2.45, 2.75) is 31.1 Å². The Kier molecular flexibility index (Phi) is 6.26. The highest BCUT2D eigenvalue weighted by Gasteiger charge is 2.26. The summed E-state index contributed by atoms with van der Waals surface area (Å²) in [5.41, 5.74) is 0.920. The molecular formula is C20H23N3O3S. The van der Waals surface area contributed by atoms with Crippen LogP contribution in [-0.2, 0) is 10.0 Å². The maximum Gasteiger partial charge on any atom is 0.273 e. The zero-order chi connectivity index (χ0) is 19.1. The molecule has 0 aliphatic heterocycles. The summed E-state index contributed by atoms with van der Waals surface area (Å²) in [6, 6.07) is 15.6. The summed E-state index contributed by atoms with van der Waals surface area (Å²) in [6.45, 7) is 2.38. The number of benzene rings is 2. The van der Waals surface area contributed by atoms with E-state index in [1.807, 2.05) is 22.9 Å². The van der Waals surface area contributed by atoms with Gasteiger partial charge >= 0.3 is 0 Å². The number of imidazole rings is 1. The van der Waals surface area contributed by atoms with Gasteiger partial charge in [-0.2, -0.15) is 0 Å². The van der Waals surface area contributed by atoms with E-state index in [-0.39, 0.29) is 4.90 Å². The van der Waals surface area contributed by atoms with E-state index in [4.69, 9.17) is 4.84 Å². The molecule has 0 amide bonds. The van der Waals surface area contributed by atoms with Crippen molar-refractivity contribution in [3.8, 4) is 11.4 Å². The fourth-order valence-corrected chi connectivity index (χ4v) is 3.91. The van der Waals surface area contributed by atoms with Crippen LogP contribution in [-0.4, -0.2) is 29.0 Å². The van der Waals surface area contributed by atoms with Gasteiger partial charge in [0.25, 0.3) is 10.0 Å². The Bertz CT molecular complexity index is 924. The Morgan fingerprint density at radius 2 is 1.78 bits per heavy atom. The van der Waals surface area contributed by atoms with Gasteiger partial charge in [-0.25, -0.2) is 13.4 Å². The fraction of sp³-hybridized carbons (Fsp3) is 0.250. The molecular weight excluding hydrogens is 362 g/mol. The summed E-state index contributed by atoms with van der Waals surface area (Å²) < 4.78 is 28.9. The van der Waals surface area contributed by atoms with Crippen molar-refractivity contribution in [1.29, 1.82) is 0 Å². The third kappa shape index (κ3) is 4.75. The lowest BCUT2D eigenvalue weighted by atomic mass is 10.2. The third-order valence-corrected chi connectivity index (χ3v) is 5.76. The van der Waals surface area contributed by atoms with Crippen molar-refractivity contribution in [3.05, 3.63) is 73.3 Å². The summed E-state index contributed by atoms with van der Waals surface area (Å²) in [5, 5.41) is 0. The molecule has 0 atom stereocenters. The second kappa shape index (κ2) is 8.83. The molecule has 2 aromatic carbocycles. The predicted octanol–water partition coefficient (Wildman–Crippen LogP) is 4.05. The van der Waals surface area contributed by atoms with E-state index in [1.165, 1.54) is 0 Å². The smallest absolute Gasteiger partial charge is 0.273 e. The molecule has 3 rings (SSSR count). The molecule has 3 aromatic rings. The number of rotatable bonds is 9. The third-order valence-electron chi connectivity index (χ3n) is 4.10. The Labute approximate surface area is 160 Å². The van der Waals surface area contributed by atoms with E-state index < -0.39 is 10.0 Å². The first-order chi connectivity index (χ1) is 13.1. The van der Waals surface area contributed by atoms with E-state index in [9.17, 15) is 8.42 Å². The summed E-state index contributed by atoms with van der Waals surface area (Å²) in [7, 11) is -3.74. The lowest BCUT2D eigenvalue weighted by Crippen LogP contribution is -2.35. The first-order valence-electron chi connectivity index (χ1n) is 8.95. The Balaban J connectivity index is 1.81. The second-order valence-electron chi connectivity index (χ2n) is 6.11. The van der Waals surface area contributed by atoms with Crippen LogP contribution >= 0.6 is 0 Å². The van der Waals surface area contributed by atoms with Gasteiger partial charge in [-0.3, -0.25) is 0 Å². The average Bonchev–Trinajstić information content (AvgIpc) is 3.23. The van der Waals surface area contributed by atoms with Crippen molar-refractivity contribution in [2.24, 2.45) is 0 Å². The van der Waals surface area contributed by atoms with Crippen molar-refractivity contribution in [2.75, 3.05) is 6.54 Å². The highest BCUT2D eigenvalue weighted by atomic mass is 32.2. The van der Waals surface area contributed by atoms with Gasteiger partial charge in [-0.1, -0.05) is 38.0 Å². The number of nitrogens with zero attached hydrogens (tertiary/aromatic N) is 3. The number of hydrogen-bond acceptors (Lipinski definition) is 4. The molecule has 1 heterocycles. The van der Waals surface area contributed by atoms with Gasteiger partial charge in [0.05, 0.1) is 17.8 Å². The minimum absolute atomic E-state index is 0.219. The van der Waals surface area contributed by atoms with Crippen molar-refractivity contribution >= 4 is 10.0 Å². The molecule has 6 nitrogen and oxygen atoms in total. The molecule has 7 heteroatoms. The molecule has 0 spiro atoms. The van der Waals surface area contributed by atoms with Gasteiger partial charge in [0.1, 0.15) is 5.75 Å². The zero-order valence-corrected chi connectivity index (χ0v) is 16.0. The van der Waals surface area contributed by atoms with Crippen molar-refractivity contribution < 1.29 is 13.3 Å². The zero-order valence-electron chi connectivity index (χ0n) is 15.2. The van der Waals surface area contributed by atoms with E-state index >= 15 is 0 Å². The molecule has 0 bridgehead atoms. The summed E-state index contributed by atoms with van der Waals surface area (Å²) in [5.74, 6) is 0.467. The van der Waals surface area contributed by atoms with E-state index in [1.54, 1.807) is 55.0 Å². The van der Waals surface area contributed by atoms with Gasteiger partial charge in [-0.15, -0.1) is 0 Å². The molecule has 0 saturated carbocycles. The van der Waals surface area contributed by atoms with Crippen LogP contribution < -0.4 is 4.84 Å². The first-order valence-corrected chi connectivity index (χ1v) is 10.4. The van der Waals surface area contributed by atoms with E-state index in [2.05, 4.69) is 11.9 Å². The van der Waals surface area contributed by atoms with Crippen LogP contribution in [0.4, 0.5) is 0 Å². The Morgan fingerprint density at radius 3 is 2.41 bits per heavy atom.